The van der Waals surface area contributed by atoms with Crippen molar-refractivity contribution in [2.75, 3.05) is 32.0 Å². The first-order valence-corrected chi connectivity index (χ1v) is 16.0. The molecule has 5 rings (SSSR count). The minimum atomic E-state index is -1.26. The van der Waals surface area contributed by atoms with E-state index in [-0.39, 0.29) is 17.7 Å². The number of benzene rings is 3. The highest BCUT2D eigenvalue weighted by Gasteiger charge is 2.25. The third-order valence-electron chi connectivity index (χ3n) is 7.87. The van der Waals surface area contributed by atoms with Crippen molar-refractivity contribution in [3.8, 4) is 0 Å². The number of aromatic nitrogens is 1. The lowest BCUT2D eigenvalue weighted by Gasteiger charge is -2.32. The van der Waals surface area contributed by atoms with Gasteiger partial charge in [-0.1, -0.05) is 65.7 Å². The maximum atomic E-state index is 13.1. The van der Waals surface area contributed by atoms with Gasteiger partial charge in [0.15, 0.2) is 0 Å². The Labute approximate surface area is 288 Å². The summed E-state index contributed by atoms with van der Waals surface area (Å²) in [5.41, 5.74) is 5.56. The van der Waals surface area contributed by atoms with Gasteiger partial charge in [0.1, 0.15) is 0 Å². The number of carbonyl (C=O) groups is 4. The second-order valence-electron chi connectivity index (χ2n) is 11.4. The highest BCUT2D eigenvalue weighted by atomic mass is 35.5. The average molecular weight is 692 g/mol. The molecular weight excluding hydrogens is 655 g/mol. The molecule has 250 valence electrons. The number of aliphatic carboxylic acids is 2. The molecule has 1 atom stereocenters. The first kappa shape index (κ1) is 36.1. The molecule has 0 radical (unpaired) electrons. The normalized spacial score (nSPS) is 13.2. The molecule has 3 aromatic carbocycles. The number of carboxylic acids is 2. The molecule has 1 aliphatic heterocycles. The van der Waals surface area contributed by atoms with Gasteiger partial charge in [0.2, 0.25) is 5.91 Å². The van der Waals surface area contributed by atoms with E-state index in [1.807, 2.05) is 79.8 Å². The molecule has 3 N–H and O–H groups in total. The van der Waals surface area contributed by atoms with Gasteiger partial charge in [-0.05, 0) is 48.9 Å². The monoisotopic (exact) mass is 690 g/mol. The number of halogens is 2. The lowest BCUT2D eigenvalue weighted by molar-refractivity contribution is -0.134. The van der Waals surface area contributed by atoms with E-state index in [2.05, 4.69) is 10.2 Å². The molecule has 0 saturated carbocycles. The molecular formula is C36H36Cl2N4O6. The Kier molecular flexibility index (Phi) is 12.7. The molecule has 0 saturated heterocycles. The summed E-state index contributed by atoms with van der Waals surface area (Å²) < 4.78 is 0. The van der Waals surface area contributed by atoms with Crippen LogP contribution in [0.25, 0.3) is 10.9 Å². The third kappa shape index (κ3) is 9.87. The zero-order chi connectivity index (χ0) is 34.8. The van der Waals surface area contributed by atoms with Crippen molar-refractivity contribution in [2.45, 2.75) is 32.2 Å². The maximum Gasteiger partial charge on any atom is 0.328 e. The molecule has 0 spiro atoms. The fourth-order valence-corrected chi connectivity index (χ4v) is 5.89. The number of para-hydroxylation sites is 1. The van der Waals surface area contributed by atoms with Crippen LogP contribution in [0.1, 0.15) is 46.4 Å². The predicted molar refractivity (Wildman–Crippen MR) is 187 cm³/mol. The number of carbonyl (C=O) groups excluding carboxylic acids is 2. The lowest BCUT2D eigenvalue weighted by Crippen LogP contribution is -2.35. The van der Waals surface area contributed by atoms with Gasteiger partial charge in [0.25, 0.3) is 5.91 Å². The molecule has 10 nitrogen and oxygen atoms in total. The Morgan fingerprint density at radius 1 is 0.958 bits per heavy atom. The standard InChI is InChI=1S/C32H32Cl2N4O2.C4H4O4/c1-21(39)35-31-25-10-6-7-11-29(25)36-30-15-17-38(20-26(30)31)16-14-24(23-12-13-27(33)28(34)18-23)19-37(2)32(40)22-8-4-3-5-9-22;5-3(6)1-2-4(7)8/h3-13,18,24H,14-17,19-20H2,1-2H3,(H,35,36,39);1-2H,(H,5,6)(H,7,8)/b;2-1-/t24-;/m1./s1. The number of nitrogens with one attached hydrogen (secondary N) is 1. The lowest BCUT2D eigenvalue weighted by atomic mass is 9.93. The van der Waals surface area contributed by atoms with E-state index in [1.165, 1.54) is 6.92 Å². The zero-order valence-corrected chi connectivity index (χ0v) is 28.0. The fourth-order valence-electron chi connectivity index (χ4n) is 5.58. The van der Waals surface area contributed by atoms with Crippen LogP contribution >= 0.6 is 23.2 Å². The van der Waals surface area contributed by atoms with Gasteiger partial charge in [-0.25, -0.2) is 9.59 Å². The maximum absolute atomic E-state index is 13.1. The quantitative estimate of drug-likeness (QED) is 0.160. The van der Waals surface area contributed by atoms with Gasteiger partial charge in [-0.15, -0.1) is 0 Å². The predicted octanol–water partition coefficient (Wildman–Crippen LogP) is 6.52. The number of likely N-dealkylation sites (N-methyl/N-ethyl adjacent to an activating group) is 1. The first-order valence-electron chi connectivity index (χ1n) is 15.2. The summed E-state index contributed by atoms with van der Waals surface area (Å²) in [5.74, 6) is -2.57. The van der Waals surface area contributed by atoms with Gasteiger partial charge in [-0.3, -0.25) is 19.5 Å². The second-order valence-corrected chi connectivity index (χ2v) is 12.2. The number of rotatable bonds is 10. The van der Waals surface area contributed by atoms with Crippen molar-refractivity contribution in [3.63, 3.8) is 0 Å². The van der Waals surface area contributed by atoms with Crippen LogP contribution in [-0.2, 0) is 27.3 Å². The summed E-state index contributed by atoms with van der Waals surface area (Å²) in [5, 5.41) is 20.7. The van der Waals surface area contributed by atoms with Crippen LogP contribution in [0.4, 0.5) is 5.69 Å². The van der Waals surface area contributed by atoms with E-state index >= 15 is 0 Å². The Hall–Kier alpha value is -4.77. The van der Waals surface area contributed by atoms with E-state index in [4.69, 9.17) is 38.4 Å². The Morgan fingerprint density at radius 2 is 1.62 bits per heavy atom. The van der Waals surface area contributed by atoms with E-state index < -0.39 is 11.9 Å². The van der Waals surface area contributed by atoms with Crippen molar-refractivity contribution in [1.29, 1.82) is 0 Å². The third-order valence-corrected chi connectivity index (χ3v) is 8.60. The summed E-state index contributed by atoms with van der Waals surface area (Å²) >= 11 is 12.6. The van der Waals surface area contributed by atoms with Crippen molar-refractivity contribution in [2.24, 2.45) is 0 Å². The number of hydrogen-bond donors (Lipinski definition) is 3. The summed E-state index contributed by atoms with van der Waals surface area (Å²) in [4.78, 5) is 53.4. The molecule has 12 heteroatoms. The summed E-state index contributed by atoms with van der Waals surface area (Å²) in [6.07, 6.45) is 2.73. The zero-order valence-electron chi connectivity index (χ0n) is 26.5. The fraction of sp³-hybridized carbons (Fsp3) is 0.250. The van der Waals surface area contributed by atoms with Crippen molar-refractivity contribution in [1.82, 2.24) is 14.8 Å². The Bertz CT molecular complexity index is 1820. The molecule has 48 heavy (non-hydrogen) atoms. The summed E-state index contributed by atoms with van der Waals surface area (Å²) in [7, 11) is 1.84. The van der Waals surface area contributed by atoms with Crippen LogP contribution in [0, 0.1) is 0 Å². The van der Waals surface area contributed by atoms with E-state index in [0.29, 0.717) is 40.9 Å². The minimum Gasteiger partial charge on any atom is -0.478 e. The summed E-state index contributed by atoms with van der Waals surface area (Å²) in [6.45, 7) is 4.45. The average Bonchev–Trinajstić information content (AvgIpc) is 3.07. The van der Waals surface area contributed by atoms with Gasteiger partial charge in [0.05, 0.1) is 21.2 Å². The molecule has 2 heterocycles. The Balaban J connectivity index is 0.000000579. The van der Waals surface area contributed by atoms with Gasteiger partial charge < -0.3 is 20.4 Å². The van der Waals surface area contributed by atoms with Crippen LogP contribution in [0.15, 0.2) is 84.9 Å². The number of amides is 2. The molecule has 1 aliphatic rings. The first-order chi connectivity index (χ1) is 22.9. The smallest absolute Gasteiger partial charge is 0.328 e. The van der Waals surface area contributed by atoms with E-state index in [0.717, 1.165) is 59.3 Å². The molecule has 0 bridgehead atoms. The van der Waals surface area contributed by atoms with Crippen LogP contribution < -0.4 is 5.32 Å². The topological polar surface area (TPSA) is 140 Å². The largest absolute Gasteiger partial charge is 0.478 e. The highest BCUT2D eigenvalue weighted by Crippen LogP contribution is 2.34. The van der Waals surface area contributed by atoms with Gasteiger partial charge in [0, 0.05) is 80.3 Å². The molecule has 2 amide bonds. The molecule has 0 aliphatic carbocycles. The van der Waals surface area contributed by atoms with E-state index in [1.54, 1.807) is 4.90 Å². The van der Waals surface area contributed by atoms with Crippen LogP contribution in [-0.4, -0.2) is 75.4 Å². The molecule has 0 fully saturated rings. The number of hydrogen-bond acceptors (Lipinski definition) is 6. The van der Waals surface area contributed by atoms with Crippen molar-refractivity contribution >= 4 is 63.5 Å². The number of anilines is 1. The van der Waals surface area contributed by atoms with Crippen LogP contribution in [0.5, 0.6) is 0 Å². The van der Waals surface area contributed by atoms with Crippen LogP contribution in [0.3, 0.4) is 0 Å². The number of carboxylic acid groups (broad SMARTS) is 2. The SMILES string of the molecule is CC(=O)Nc1c2c(nc3ccccc13)CCN(CC[C@H](CN(C)C(=O)c1ccccc1)c1ccc(Cl)c(Cl)c1)C2.O=C(O)/C=C\C(=O)O. The molecule has 0 unspecified atom stereocenters. The second kappa shape index (κ2) is 16.9. The highest BCUT2D eigenvalue weighted by molar-refractivity contribution is 6.42. The van der Waals surface area contributed by atoms with Gasteiger partial charge >= 0.3 is 11.9 Å². The van der Waals surface area contributed by atoms with Crippen LogP contribution in [0.2, 0.25) is 10.0 Å². The molecule has 1 aromatic heterocycles. The number of nitrogens with zero attached hydrogens (tertiary/aromatic N) is 3. The van der Waals surface area contributed by atoms with E-state index in [9.17, 15) is 19.2 Å². The van der Waals surface area contributed by atoms with Gasteiger partial charge in [-0.2, -0.15) is 0 Å². The number of pyridine rings is 1. The van der Waals surface area contributed by atoms with Crippen molar-refractivity contribution < 1.29 is 29.4 Å². The minimum absolute atomic E-state index is 0.0181. The molecule has 4 aromatic rings. The summed E-state index contributed by atoms with van der Waals surface area (Å²) in [6, 6.07) is 23.0. The Morgan fingerprint density at radius 3 is 2.27 bits per heavy atom. The number of fused-ring (bicyclic) bond motifs is 2. The van der Waals surface area contributed by atoms with Crippen molar-refractivity contribution in [3.05, 3.63) is 117 Å².